The van der Waals surface area contributed by atoms with Crippen molar-refractivity contribution >= 4 is 28.6 Å². The van der Waals surface area contributed by atoms with E-state index >= 15 is 0 Å². The van der Waals surface area contributed by atoms with Crippen LogP contribution in [0.3, 0.4) is 0 Å². The van der Waals surface area contributed by atoms with Gasteiger partial charge in [0, 0.05) is 68.9 Å². The van der Waals surface area contributed by atoms with E-state index in [0.717, 1.165) is 10.9 Å². The quantitative estimate of drug-likeness (QED) is 0.625. The van der Waals surface area contributed by atoms with Gasteiger partial charge in [0.05, 0.1) is 10.9 Å². The molecule has 2 saturated heterocycles. The molecule has 2 aliphatic heterocycles. The van der Waals surface area contributed by atoms with Gasteiger partial charge < -0.3 is 14.7 Å². The van der Waals surface area contributed by atoms with Crippen molar-refractivity contribution in [2.75, 3.05) is 40.3 Å². The van der Waals surface area contributed by atoms with Crippen LogP contribution in [0.1, 0.15) is 20.7 Å². The van der Waals surface area contributed by atoms with Crippen molar-refractivity contribution in [3.8, 4) is 0 Å². The lowest BCUT2D eigenvalue weighted by Gasteiger charge is -2.30. The highest BCUT2D eigenvalue weighted by molar-refractivity contribution is 5.99. The van der Waals surface area contributed by atoms with E-state index in [1.54, 1.807) is 53.2 Å². The zero-order chi connectivity index (χ0) is 23.2. The predicted octanol–water partition coefficient (Wildman–Crippen LogP) is 2.54. The van der Waals surface area contributed by atoms with Crippen molar-refractivity contribution in [1.82, 2.24) is 19.7 Å². The van der Waals surface area contributed by atoms with E-state index in [4.69, 9.17) is 0 Å². The summed E-state index contributed by atoms with van der Waals surface area (Å²) >= 11 is 0. The molecule has 2 fully saturated rings. The topological polar surface area (TPSA) is 73.8 Å². The largest absolute Gasteiger partial charge is 0.348 e. The van der Waals surface area contributed by atoms with Crippen LogP contribution in [-0.4, -0.2) is 77.7 Å². The van der Waals surface area contributed by atoms with Crippen molar-refractivity contribution in [2.45, 2.75) is 0 Å². The van der Waals surface area contributed by atoms with E-state index in [2.05, 4.69) is 4.98 Å². The predicted molar refractivity (Wildman–Crippen MR) is 125 cm³/mol. The number of pyridine rings is 1. The third-order valence-corrected chi connectivity index (χ3v) is 6.89. The van der Waals surface area contributed by atoms with E-state index < -0.39 is 5.41 Å². The molecule has 3 amide bonds. The second-order valence-electron chi connectivity index (χ2n) is 9.20. The first-order chi connectivity index (χ1) is 15.9. The van der Waals surface area contributed by atoms with Gasteiger partial charge in [-0.1, -0.05) is 24.3 Å². The molecule has 1 aromatic heterocycles. The Morgan fingerprint density at radius 1 is 0.879 bits per heavy atom. The van der Waals surface area contributed by atoms with Crippen LogP contribution in [0.4, 0.5) is 0 Å². The molecule has 3 aromatic rings. The number of hydrogen-bond acceptors (Lipinski definition) is 4. The van der Waals surface area contributed by atoms with Gasteiger partial charge in [-0.3, -0.25) is 19.4 Å². The highest BCUT2D eigenvalue weighted by Gasteiger charge is 2.59. The lowest BCUT2D eigenvalue weighted by molar-refractivity contribution is -0.139. The number of aromatic nitrogens is 1. The average molecular weight is 443 g/mol. The fraction of sp³-hybridized carbons (Fsp3) is 0.308. The summed E-state index contributed by atoms with van der Waals surface area (Å²) in [4.78, 5) is 49.3. The minimum absolute atomic E-state index is 0.0335. The summed E-state index contributed by atoms with van der Waals surface area (Å²) in [5.74, 6) is -0.308. The van der Waals surface area contributed by atoms with Crippen molar-refractivity contribution in [2.24, 2.45) is 11.3 Å². The summed E-state index contributed by atoms with van der Waals surface area (Å²) in [6.07, 6.45) is 1.73. The van der Waals surface area contributed by atoms with Crippen LogP contribution in [0.25, 0.3) is 10.9 Å². The van der Waals surface area contributed by atoms with E-state index in [9.17, 15) is 14.4 Å². The summed E-state index contributed by atoms with van der Waals surface area (Å²) in [6.45, 7) is 1.52. The molecule has 2 aliphatic rings. The summed E-state index contributed by atoms with van der Waals surface area (Å²) in [5.41, 5.74) is 1.24. The maximum Gasteiger partial charge on any atom is 0.253 e. The zero-order valence-electron chi connectivity index (χ0n) is 18.8. The first kappa shape index (κ1) is 21.1. The van der Waals surface area contributed by atoms with E-state index in [1.165, 1.54) is 0 Å². The van der Waals surface area contributed by atoms with Crippen LogP contribution in [0.5, 0.6) is 0 Å². The molecule has 5 rings (SSSR count). The number of benzene rings is 2. The van der Waals surface area contributed by atoms with E-state index in [0.29, 0.717) is 37.3 Å². The van der Waals surface area contributed by atoms with Crippen molar-refractivity contribution in [3.05, 3.63) is 78.0 Å². The van der Waals surface area contributed by atoms with Crippen LogP contribution in [0.15, 0.2) is 66.9 Å². The summed E-state index contributed by atoms with van der Waals surface area (Å²) in [5, 5.41) is 0.904. The number of hydrogen-bond donors (Lipinski definition) is 0. The highest BCUT2D eigenvalue weighted by Crippen LogP contribution is 2.44. The number of amides is 3. The Bertz CT molecular complexity index is 1240. The van der Waals surface area contributed by atoms with Crippen LogP contribution < -0.4 is 0 Å². The normalized spacial score (nSPS) is 21.8. The fourth-order valence-electron chi connectivity index (χ4n) is 5.28. The lowest BCUT2D eigenvalue weighted by Crippen LogP contribution is -2.48. The maximum atomic E-state index is 13.4. The molecular weight excluding hydrogens is 416 g/mol. The molecule has 0 radical (unpaired) electrons. The molecule has 2 atom stereocenters. The van der Waals surface area contributed by atoms with Gasteiger partial charge in [0.15, 0.2) is 0 Å². The van der Waals surface area contributed by atoms with Crippen molar-refractivity contribution in [1.29, 1.82) is 0 Å². The van der Waals surface area contributed by atoms with E-state index in [-0.39, 0.29) is 23.6 Å². The van der Waals surface area contributed by atoms with E-state index in [1.807, 2.05) is 42.5 Å². The summed E-state index contributed by atoms with van der Waals surface area (Å²) in [7, 11) is 3.47. The molecule has 3 heterocycles. The Labute approximate surface area is 192 Å². The second-order valence-corrected chi connectivity index (χ2v) is 9.20. The molecule has 7 nitrogen and oxygen atoms in total. The first-order valence-electron chi connectivity index (χ1n) is 11.1. The molecule has 0 saturated carbocycles. The standard InChI is InChI=1S/C26H26N4O3/c1-28(2)25(33)26-16-29(23(31)18-7-4-3-5-8-18)14-21(26)15-30(17-26)24(32)20-10-11-22-19(13-20)9-6-12-27-22/h3-13,21H,14-17H2,1-2H3/t21-,26-/m0/s1. The molecule has 168 valence electrons. The molecule has 7 heteroatoms. The molecule has 33 heavy (non-hydrogen) atoms. The van der Waals surface area contributed by atoms with Gasteiger partial charge >= 0.3 is 0 Å². The SMILES string of the molecule is CN(C)C(=O)[C@]12CN(C(=O)c3ccccc3)C[C@H]1CN(C(=O)c1ccc3ncccc3c1)C2. The Morgan fingerprint density at radius 2 is 1.55 bits per heavy atom. The number of rotatable bonds is 3. The highest BCUT2D eigenvalue weighted by atomic mass is 16.2. The van der Waals surface area contributed by atoms with Gasteiger partial charge in [0.2, 0.25) is 5.91 Å². The summed E-state index contributed by atoms with van der Waals surface area (Å²) in [6, 6.07) is 18.4. The smallest absolute Gasteiger partial charge is 0.253 e. The van der Waals surface area contributed by atoms with Gasteiger partial charge in [-0.25, -0.2) is 0 Å². The molecular formula is C26H26N4O3. The van der Waals surface area contributed by atoms with Crippen LogP contribution in [0, 0.1) is 11.3 Å². The third kappa shape index (κ3) is 3.53. The molecule has 0 unspecified atom stereocenters. The first-order valence-corrected chi connectivity index (χ1v) is 11.1. The van der Waals surface area contributed by atoms with Crippen LogP contribution in [0.2, 0.25) is 0 Å². The Balaban J connectivity index is 1.41. The minimum Gasteiger partial charge on any atom is -0.348 e. The number of nitrogens with zero attached hydrogens (tertiary/aromatic N) is 4. The molecule has 0 aliphatic carbocycles. The molecule has 2 aromatic carbocycles. The number of likely N-dealkylation sites (tertiary alicyclic amines) is 2. The lowest BCUT2D eigenvalue weighted by atomic mass is 9.79. The third-order valence-electron chi connectivity index (χ3n) is 6.89. The Hall–Kier alpha value is -3.74. The number of fused-ring (bicyclic) bond motifs is 2. The van der Waals surface area contributed by atoms with Crippen molar-refractivity contribution in [3.63, 3.8) is 0 Å². The average Bonchev–Trinajstić information content (AvgIpc) is 3.38. The van der Waals surface area contributed by atoms with Crippen LogP contribution >= 0.6 is 0 Å². The zero-order valence-corrected chi connectivity index (χ0v) is 18.8. The number of carbonyl (C=O) groups excluding carboxylic acids is 3. The minimum atomic E-state index is -0.790. The van der Waals surface area contributed by atoms with Gasteiger partial charge in [-0.05, 0) is 36.4 Å². The second kappa shape index (κ2) is 7.99. The van der Waals surface area contributed by atoms with Gasteiger partial charge in [0.25, 0.3) is 11.8 Å². The van der Waals surface area contributed by atoms with Crippen molar-refractivity contribution < 1.29 is 14.4 Å². The molecule has 0 spiro atoms. The molecule has 0 N–H and O–H groups in total. The van der Waals surface area contributed by atoms with Gasteiger partial charge in [0.1, 0.15) is 0 Å². The fourth-order valence-corrected chi connectivity index (χ4v) is 5.28. The van der Waals surface area contributed by atoms with Gasteiger partial charge in [-0.2, -0.15) is 0 Å². The Kier molecular flexibility index (Phi) is 5.12. The maximum absolute atomic E-state index is 13.4. The summed E-state index contributed by atoms with van der Waals surface area (Å²) < 4.78 is 0. The van der Waals surface area contributed by atoms with Crippen LogP contribution in [-0.2, 0) is 4.79 Å². The Morgan fingerprint density at radius 3 is 2.21 bits per heavy atom. The van der Waals surface area contributed by atoms with Gasteiger partial charge in [-0.15, -0.1) is 0 Å². The number of carbonyl (C=O) groups is 3. The monoisotopic (exact) mass is 442 g/mol. The molecule has 0 bridgehead atoms.